The summed E-state index contributed by atoms with van der Waals surface area (Å²) in [5, 5.41) is 26.0. The van der Waals surface area contributed by atoms with Crippen molar-refractivity contribution >= 4 is 12.8 Å². The molecule has 1 aromatic heterocycles. The van der Waals surface area contributed by atoms with Gasteiger partial charge in [0.25, 0.3) is 0 Å². The average molecular weight is 147 g/mol. The van der Waals surface area contributed by atoms with E-state index in [0.29, 0.717) is 0 Å². The zero-order valence-corrected chi connectivity index (χ0v) is 5.21. The Morgan fingerprint density at radius 2 is 1.89 bits per heavy atom. The molecule has 0 aliphatic carbocycles. The van der Waals surface area contributed by atoms with Crippen molar-refractivity contribution in [3.05, 3.63) is 6.07 Å². The van der Waals surface area contributed by atoms with Crippen LogP contribution in [0.15, 0.2) is 6.07 Å². The minimum Gasteiger partial charge on any atom is -0.503 e. The van der Waals surface area contributed by atoms with E-state index in [2.05, 4.69) is 12.8 Å². The number of hydrogen-bond acceptors (Lipinski definition) is 4. The Labute approximate surface area is 56.5 Å². The van der Waals surface area contributed by atoms with E-state index in [1.165, 1.54) is 0 Å². The molecule has 0 aromatic carbocycles. The maximum absolute atomic E-state index is 8.70. The van der Waals surface area contributed by atoms with Gasteiger partial charge in [0.15, 0.2) is 5.75 Å². The van der Waals surface area contributed by atoms with Gasteiger partial charge in [-0.25, -0.2) is 3.97 Å². The lowest BCUT2D eigenvalue weighted by atomic mass is 10.6. The predicted octanol–water partition coefficient (Wildman–Crippen LogP) is 0.298. The fraction of sp³-hybridized carbons (Fsp3) is 0. The standard InChI is InChI=1S/C4H5NO3S/c6-2-1-3(7)5(9)4(2)8/h1,6-9H. The molecule has 1 heterocycles. The molecule has 5 heteroatoms. The summed E-state index contributed by atoms with van der Waals surface area (Å²) in [7, 11) is 0. The second kappa shape index (κ2) is 1.77. The van der Waals surface area contributed by atoms with Crippen LogP contribution < -0.4 is 0 Å². The number of hydrogen-bond donors (Lipinski definition) is 4. The number of thiol groups is 1. The highest BCUT2D eigenvalue weighted by Crippen LogP contribution is 2.33. The Morgan fingerprint density at radius 1 is 1.33 bits per heavy atom. The van der Waals surface area contributed by atoms with E-state index in [-0.39, 0.29) is 11.6 Å². The van der Waals surface area contributed by atoms with Crippen LogP contribution in [0.2, 0.25) is 0 Å². The van der Waals surface area contributed by atoms with Crippen molar-refractivity contribution in [3.8, 4) is 17.5 Å². The molecule has 0 aliphatic rings. The van der Waals surface area contributed by atoms with Crippen LogP contribution in [0.3, 0.4) is 0 Å². The molecular formula is C4H5NO3S. The summed E-state index contributed by atoms with van der Waals surface area (Å²) < 4.78 is 0.759. The lowest BCUT2D eigenvalue weighted by Crippen LogP contribution is -1.74. The largest absolute Gasteiger partial charge is 0.503 e. The van der Waals surface area contributed by atoms with Crippen LogP contribution >= 0.6 is 12.8 Å². The summed E-state index contributed by atoms with van der Waals surface area (Å²) >= 11 is 3.59. The van der Waals surface area contributed by atoms with Crippen molar-refractivity contribution in [2.24, 2.45) is 0 Å². The van der Waals surface area contributed by atoms with Crippen molar-refractivity contribution in [2.45, 2.75) is 0 Å². The van der Waals surface area contributed by atoms with Crippen LogP contribution in [0.5, 0.6) is 17.5 Å². The molecule has 1 rings (SSSR count). The maximum atomic E-state index is 8.70. The summed E-state index contributed by atoms with van der Waals surface area (Å²) in [6.45, 7) is 0. The van der Waals surface area contributed by atoms with Gasteiger partial charge >= 0.3 is 0 Å². The molecule has 0 aliphatic heterocycles. The van der Waals surface area contributed by atoms with Gasteiger partial charge in [-0.1, -0.05) is 12.8 Å². The van der Waals surface area contributed by atoms with Crippen LogP contribution in [0.25, 0.3) is 0 Å². The molecule has 0 saturated heterocycles. The zero-order valence-electron chi connectivity index (χ0n) is 4.31. The van der Waals surface area contributed by atoms with E-state index in [1.54, 1.807) is 0 Å². The van der Waals surface area contributed by atoms with Crippen LogP contribution in [-0.2, 0) is 0 Å². The molecule has 0 saturated carbocycles. The van der Waals surface area contributed by atoms with Gasteiger partial charge in [0.2, 0.25) is 11.8 Å². The molecular weight excluding hydrogens is 142 g/mol. The topological polar surface area (TPSA) is 65.6 Å². The molecule has 0 unspecified atom stereocenters. The van der Waals surface area contributed by atoms with Crippen molar-refractivity contribution in [1.29, 1.82) is 0 Å². The summed E-state index contributed by atoms with van der Waals surface area (Å²) in [5.74, 6) is -1.15. The third-order valence-corrected chi connectivity index (χ3v) is 1.31. The molecule has 4 nitrogen and oxygen atoms in total. The van der Waals surface area contributed by atoms with Crippen molar-refractivity contribution in [2.75, 3.05) is 0 Å². The minimum absolute atomic E-state index is 0.298. The average Bonchev–Trinajstić information content (AvgIpc) is 1.98. The number of nitrogens with zero attached hydrogens (tertiary/aromatic N) is 1. The molecule has 3 N–H and O–H groups in total. The van der Waals surface area contributed by atoms with Gasteiger partial charge in [0.1, 0.15) is 0 Å². The van der Waals surface area contributed by atoms with Crippen LogP contribution in [-0.4, -0.2) is 19.3 Å². The molecule has 0 atom stereocenters. The minimum atomic E-state index is -0.462. The lowest BCUT2D eigenvalue weighted by molar-refractivity contribution is 0.387. The van der Waals surface area contributed by atoms with Crippen molar-refractivity contribution in [1.82, 2.24) is 3.97 Å². The highest BCUT2D eigenvalue weighted by atomic mass is 32.1. The van der Waals surface area contributed by atoms with Gasteiger partial charge in [-0.05, 0) is 0 Å². The van der Waals surface area contributed by atoms with Gasteiger partial charge in [-0.3, -0.25) is 0 Å². The van der Waals surface area contributed by atoms with E-state index in [4.69, 9.17) is 15.3 Å². The number of rotatable bonds is 0. The second-order valence-corrected chi connectivity index (χ2v) is 1.92. The third-order valence-electron chi connectivity index (χ3n) is 0.913. The smallest absolute Gasteiger partial charge is 0.247 e. The number of aromatic hydroxyl groups is 3. The Hall–Kier alpha value is -0.970. The normalized spacial score (nSPS) is 9.89. The number of aromatic nitrogens is 1. The van der Waals surface area contributed by atoms with E-state index in [0.717, 1.165) is 10.0 Å². The SMILES string of the molecule is Oc1cc(O)n(S)c1O. The highest BCUT2D eigenvalue weighted by Gasteiger charge is 2.08. The van der Waals surface area contributed by atoms with E-state index >= 15 is 0 Å². The fourth-order valence-corrected chi connectivity index (χ4v) is 0.625. The summed E-state index contributed by atoms with van der Waals surface area (Å²) in [6.07, 6.45) is 0. The van der Waals surface area contributed by atoms with Gasteiger partial charge in [-0.15, -0.1) is 0 Å². The molecule has 9 heavy (non-hydrogen) atoms. The van der Waals surface area contributed by atoms with Gasteiger partial charge in [-0.2, -0.15) is 0 Å². The predicted molar refractivity (Wildman–Crippen MR) is 33.8 cm³/mol. The Kier molecular flexibility index (Phi) is 1.21. The molecule has 0 spiro atoms. The maximum Gasteiger partial charge on any atom is 0.247 e. The quantitative estimate of drug-likeness (QED) is 0.399. The third kappa shape index (κ3) is 0.787. The monoisotopic (exact) mass is 147 g/mol. The Bertz CT molecular complexity index is 209. The molecule has 0 fully saturated rings. The van der Waals surface area contributed by atoms with E-state index < -0.39 is 5.88 Å². The van der Waals surface area contributed by atoms with Gasteiger partial charge < -0.3 is 15.3 Å². The van der Waals surface area contributed by atoms with E-state index in [9.17, 15) is 0 Å². The summed E-state index contributed by atoms with van der Waals surface area (Å²) in [6, 6.07) is 0.988. The summed E-state index contributed by atoms with van der Waals surface area (Å²) in [5.41, 5.74) is 0. The first kappa shape index (κ1) is 6.15. The zero-order chi connectivity index (χ0) is 7.02. The van der Waals surface area contributed by atoms with Gasteiger partial charge in [0, 0.05) is 6.07 Å². The Balaban J connectivity index is 3.29. The molecule has 0 bridgehead atoms. The molecule has 0 radical (unpaired) electrons. The molecule has 50 valence electrons. The first-order chi connectivity index (χ1) is 4.13. The summed E-state index contributed by atoms with van der Waals surface area (Å²) in [4.78, 5) is 0. The van der Waals surface area contributed by atoms with Crippen LogP contribution in [0.1, 0.15) is 0 Å². The van der Waals surface area contributed by atoms with Crippen molar-refractivity contribution < 1.29 is 15.3 Å². The lowest BCUT2D eigenvalue weighted by Gasteiger charge is -1.91. The van der Waals surface area contributed by atoms with Crippen LogP contribution in [0.4, 0.5) is 0 Å². The van der Waals surface area contributed by atoms with Gasteiger partial charge in [0.05, 0.1) is 0 Å². The molecule has 0 amide bonds. The first-order valence-electron chi connectivity index (χ1n) is 2.15. The fourth-order valence-electron chi connectivity index (χ4n) is 0.465. The molecule has 1 aromatic rings. The first-order valence-corrected chi connectivity index (χ1v) is 2.55. The van der Waals surface area contributed by atoms with Crippen molar-refractivity contribution in [3.63, 3.8) is 0 Å². The second-order valence-electron chi connectivity index (χ2n) is 1.52. The van der Waals surface area contributed by atoms with Crippen LogP contribution in [0, 0.1) is 0 Å². The van der Waals surface area contributed by atoms with E-state index in [1.807, 2.05) is 0 Å². The Morgan fingerprint density at radius 3 is 2.00 bits per heavy atom. The highest BCUT2D eigenvalue weighted by molar-refractivity contribution is 7.78.